The summed E-state index contributed by atoms with van der Waals surface area (Å²) < 4.78 is 2.96. The Kier molecular flexibility index (Phi) is 8.28. The van der Waals surface area contributed by atoms with E-state index in [4.69, 9.17) is 0 Å². The van der Waals surface area contributed by atoms with Gasteiger partial charge in [-0.2, -0.15) is 0 Å². The van der Waals surface area contributed by atoms with Crippen molar-refractivity contribution in [3.05, 3.63) is 81.5 Å². The molecule has 11 nitrogen and oxygen atoms in total. The van der Waals surface area contributed by atoms with E-state index >= 15 is 0 Å². The number of hydrogen-bond donors (Lipinski definition) is 3. The monoisotopic (exact) mass is 572 g/mol. The van der Waals surface area contributed by atoms with E-state index in [1.165, 1.54) is 4.57 Å². The Morgan fingerprint density at radius 1 is 1.02 bits per heavy atom. The highest BCUT2D eigenvalue weighted by Gasteiger charge is 2.27. The lowest BCUT2D eigenvalue weighted by molar-refractivity contribution is -0.111. The van der Waals surface area contributed by atoms with Gasteiger partial charge in [0.15, 0.2) is 0 Å². The van der Waals surface area contributed by atoms with Gasteiger partial charge in [-0.25, -0.2) is 9.59 Å². The summed E-state index contributed by atoms with van der Waals surface area (Å²) in [6, 6.07) is 10.9. The van der Waals surface area contributed by atoms with Gasteiger partial charge in [0.05, 0.1) is 10.9 Å². The fourth-order valence-electron chi connectivity index (χ4n) is 5.36. The minimum atomic E-state index is -0.369. The van der Waals surface area contributed by atoms with E-state index in [0.29, 0.717) is 66.2 Å². The molecule has 1 saturated heterocycles. The van der Waals surface area contributed by atoms with Crippen molar-refractivity contribution in [3.8, 4) is 0 Å². The zero-order chi connectivity index (χ0) is 30.0. The van der Waals surface area contributed by atoms with E-state index in [2.05, 4.69) is 22.5 Å². The van der Waals surface area contributed by atoms with Crippen LogP contribution in [-0.2, 0) is 11.3 Å². The van der Waals surface area contributed by atoms with E-state index in [1.54, 1.807) is 51.9 Å². The topological polar surface area (TPSA) is 135 Å². The standard InChI is InChI=1S/C31H36N6O5/c1-4-27(38)32-22-8-5-7-21(15-22)28(39)33-24-9-6-14-35(18-24)30(41)34-23-12-13-26-25(16-23)29(40)36(17-20-10-11-20)31(42)37(26)19(2)3/h4-5,7-8,12-13,15-16,19-20,24H,1,6,9-11,14,17-18H2,2-3H3,(H,32,38)(H,33,39)(H,34,41)/t24-/m1/s1. The number of nitrogens with one attached hydrogen (secondary N) is 3. The molecule has 2 aliphatic rings. The molecule has 0 unspecified atom stereocenters. The number of aromatic nitrogens is 2. The molecule has 3 N–H and O–H groups in total. The van der Waals surface area contributed by atoms with Gasteiger partial charge in [-0.15, -0.1) is 0 Å². The molecule has 2 aromatic carbocycles. The molecule has 2 heterocycles. The average Bonchev–Trinajstić information content (AvgIpc) is 3.80. The maximum Gasteiger partial charge on any atom is 0.331 e. The third-order valence-corrected chi connectivity index (χ3v) is 7.70. The number of anilines is 2. The van der Waals surface area contributed by atoms with Gasteiger partial charge in [0, 0.05) is 48.7 Å². The Morgan fingerprint density at radius 3 is 2.50 bits per heavy atom. The highest BCUT2D eigenvalue weighted by Crippen LogP contribution is 2.30. The van der Waals surface area contributed by atoms with Gasteiger partial charge in [-0.05, 0) is 87.9 Å². The molecule has 3 aromatic rings. The van der Waals surface area contributed by atoms with Crippen LogP contribution in [0.3, 0.4) is 0 Å². The number of urea groups is 1. The van der Waals surface area contributed by atoms with Gasteiger partial charge in [0.25, 0.3) is 11.5 Å². The van der Waals surface area contributed by atoms with Crippen molar-refractivity contribution in [1.82, 2.24) is 19.4 Å². The molecule has 1 atom stereocenters. The number of hydrogen-bond acceptors (Lipinski definition) is 5. The van der Waals surface area contributed by atoms with Gasteiger partial charge < -0.3 is 20.9 Å². The molecule has 2 fully saturated rings. The van der Waals surface area contributed by atoms with Gasteiger partial charge in [0.2, 0.25) is 5.91 Å². The van der Waals surface area contributed by atoms with Crippen LogP contribution in [0, 0.1) is 5.92 Å². The average molecular weight is 573 g/mol. The maximum atomic E-state index is 13.3. The molecule has 0 spiro atoms. The zero-order valence-electron chi connectivity index (χ0n) is 23.9. The normalized spacial score (nSPS) is 16.7. The molecule has 11 heteroatoms. The number of rotatable bonds is 8. The van der Waals surface area contributed by atoms with Crippen LogP contribution in [0.1, 0.15) is 55.9 Å². The first-order valence-corrected chi connectivity index (χ1v) is 14.3. The number of likely N-dealkylation sites (tertiary alicyclic amines) is 1. The van der Waals surface area contributed by atoms with Crippen molar-refractivity contribution in [1.29, 1.82) is 0 Å². The molecule has 1 saturated carbocycles. The quantitative estimate of drug-likeness (QED) is 0.354. The summed E-state index contributed by atoms with van der Waals surface area (Å²) in [7, 11) is 0. The highest BCUT2D eigenvalue weighted by molar-refractivity contribution is 6.01. The Balaban J connectivity index is 1.29. The number of carbonyl (C=O) groups is 3. The number of benzene rings is 2. The van der Waals surface area contributed by atoms with Crippen LogP contribution in [0.25, 0.3) is 10.9 Å². The lowest BCUT2D eigenvalue weighted by Gasteiger charge is -2.33. The van der Waals surface area contributed by atoms with Crippen molar-refractivity contribution in [3.63, 3.8) is 0 Å². The smallest absolute Gasteiger partial charge is 0.331 e. The van der Waals surface area contributed by atoms with Gasteiger partial charge in [0.1, 0.15) is 0 Å². The second-order valence-electron chi connectivity index (χ2n) is 11.3. The SMILES string of the molecule is C=CC(=O)Nc1cccc(C(=O)N[C@@H]2CCCN(C(=O)Nc3ccc4c(c3)c(=O)n(CC3CC3)c(=O)n4C(C)C)C2)c1. The summed E-state index contributed by atoms with van der Waals surface area (Å²) >= 11 is 0. The number of carbonyl (C=O) groups excluding carboxylic acids is 3. The first kappa shape index (κ1) is 28.8. The molecular formula is C31H36N6O5. The first-order valence-electron chi connectivity index (χ1n) is 14.3. The van der Waals surface area contributed by atoms with Crippen LogP contribution in [0.15, 0.2) is 64.7 Å². The van der Waals surface area contributed by atoms with Crippen LogP contribution in [0.2, 0.25) is 0 Å². The minimum Gasteiger partial charge on any atom is -0.348 e. The molecule has 42 heavy (non-hydrogen) atoms. The Bertz CT molecular complexity index is 1670. The van der Waals surface area contributed by atoms with Crippen LogP contribution < -0.4 is 27.2 Å². The van der Waals surface area contributed by atoms with Crippen molar-refractivity contribution >= 4 is 40.1 Å². The van der Waals surface area contributed by atoms with E-state index in [9.17, 15) is 24.0 Å². The second-order valence-corrected chi connectivity index (χ2v) is 11.3. The van der Waals surface area contributed by atoms with E-state index in [-0.39, 0.29) is 41.2 Å². The Morgan fingerprint density at radius 2 is 1.79 bits per heavy atom. The summed E-state index contributed by atoms with van der Waals surface area (Å²) in [6.07, 6.45) is 4.60. The third kappa shape index (κ3) is 6.29. The summed E-state index contributed by atoms with van der Waals surface area (Å²) in [4.78, 5) is 65.9. The molecule has 220 valence electrons. The summed E-state index contributed by atoms with van der Waals surface area (Å²) in [5.74, 6) is -0.317. The molecule has 1 aliphatic heterocycles. The van der Waals surface area contributed by atoms with E-state index in [1.807, 2.05) is 13.8 Å². The maximum absolute atomic E-state index is 13.3. The lowest BCUT2D eigenvalue weighted by atomic mass is 10.1. The predicted octanol–water partition coefficient (Wildman–Crippen LogP) is 3.70. The van der Waals surface area contributed by atoms with Crippen molar-refractivity contribution < 1.29 is 14.4 Å². The van der Waals surface area contributed by atoms with Crippen LogP contribution >= 0.6 is 0 Å². The first-order chi connectivity index (χ1) is 20.1. The van der Waals surface area contributed by atoms with Gasteiger partial charge >= 0.3 is 11.7 Å². The minimum absolute atomic E-state index is 0.139. The Labute approximate surface area is 243 Å². The molecule has 0 radical (unpaired) electrons. The van der Waals surface area contributed by atoms with Crippen LogP contribution in [0.5, 0.6) is 0 Å². The van der Waals surface area contributed by atoms with Crippen LogP contribution in [0.4, 0.5) is 16.2 Å². The number of nitrogens with zero attached hydrogens (tertiary/aromatic N) is 3. The van der Waals surface area contributed by atoms with Crippen molar-refractivity contribution in [2.24, 2.45) is 5.92 Å². The molecule has 4 amide bonds. The number of amides is 4. The Hall–Kier alpha value is -4.67. The zero-order valence-corrected chi connectivity index (χ0v) is 23.9. The van der Waals surface area contributed by atoms with Gasteiger partial charge in [-0.3, -0.25) is 23.5 Å². The van der Waals surface area contributed by atoms with E-state index in [0.717, 1.165) is 18.9 Å². The highest BCUT2D eigenvalue weighted by atomic mass is 16.2. The number of fused-ring (bicyclic) bond motifs is 1. The number of piperidine rings is 1. The molecule has 5 rings (SSSR count). The molecule has 1 aromatic heterocycles. The largest absolute Gasteiger partial charge is 0.348 e. The summed E-state index contributed by atoms with van der Waals surface area (Å²) in [5.41, 5.74) is 1.23. The molecular weight excluding hydrogens is 536 g/mol. The summed E-state index contributed by atoms with van der Waals surface area (Å²) in [5, 5.41) is 8.91. The lowest BCUT2D eigenvalue weighted by Crippen LogP contribution is -2.50. The second kappa shape index (κ2) is 12.1. The molecule has 0 bridgehead atoms. The third-order valence-electron chi connectivity index (χ3n) is 7.70. The van der Waals surface area contributed by atoms with Crippen molar-refractivity contribution in [2.45, 2.75) is 58.2 Å². The molecule has 1 aliphatic carbocycles. The summed E-state index contributed by atoms with van der Waals surface area (Å²) in [6.45, 7) is 8.50. The fourth-order valence-corrected chi connectivity index (χ4v) is 5.36. The predicted molar refractivity (Wildman–Crippen MR) is 162 cm³/mol. The van der Waals surface area contributed by atoms with E-state index < -0.39 is 0 Å². The fraction of sp³-hybridized carbons (Fsp3) is 0.387. The van der Waals surface area contributed by atoms with Crippen LogP contribution in [-0.4, -0.2) is 51.0 Å². The van der Waals surface area contributed by atoms with Gasteiger partial charge in [-0.1, -0.05) is 12.6 Å². The van der Waals surface area contributed by atoms with Crippen molar-refractivity contribution in [2.75, 3.05) is 23.7 Å².